The molecule has 0 fully saturated rings. The highest BCUT2D eigenvalue weighted by Gasteiger charge is 2.08. The summed E-state index contributed by atoms with van der Waals surface area (Å²) in [6.45, 7) is 2.17. The Bertz CT molecular complexity index is 629. The molecule has 0 aliphatic carbocycles. The Balaban J connectivity index is 2.08. The van der Waals surface area contributed by atoms with Crippen LogP contribution in [-0.2, 0) is 11.3 Å². The molecule has 2 aromatic rings. The maximum Gasteiger partial charge on any atom is 0.170 e. The number of oxime groups is 1. The van der Waals surface area contributed by atoms with E-state index >= 15 is 0 Å². The second-order valence-electron chi connectivity index (χ2n) is 4.70. The van der Waals surface area contributed by atoms with Gasteiger partial charge in [-0.15, -0.1) is 0 Å². The van der Waals surface area contributed by atoms with Gasteiger partial charge in [0.1, 0.15) is 5.82 Å². The topological polar surface area (TPSA) is 67.8 Å². The van der Waals surface area contributed by atoms with Gasteiger partial charge in [0.05, 0.1) is 12.7 Å². The molecule has 1 atom stereocenters. The summed E-state index contributed by atoms with van der Waals surface area (Å²) in [5.74, 6) is -0.586. The van der Waals surface area contributed by atoms with Crippen LogP contribution in [-0.4, -0.2) is 11.0 Å². The summed E-state index contributed by atoms with van der Waals surface area (Å²) in [6.07, 6.45) is -0.109. The molecule has 0 aromatic heterocycles. The molecule has 3 N–H and O–H groups in total. The predicted octanol–water partition coefficient (Wildman–Crippen LogP) is 3.20. The van der Waals surface area contributed by atoms with E-state index in [9.17, 15) is 4.39 Å². The molecule has 0 amide bonds. The van der Waals surface area contributed by atoms with Crippen LogP contribution in [0.5, 0.6) is 0 Å². The number of benzene rings is 2. The number of nitrogens with zero attached hydrogens (tertiary/aromatic N) is 1. The molecule has 2 aromatic carbocycles. The van der Waals surface area contributed by atoms with E-state index in [0.29, 0.717) is 11.1 Å². The van der Waals surface area contributed by atoms with Crippen LogP contribution in [0.1, 0.15) is 29.7 Å². The summed E-state index contributed by atoms with van der Waals surface area (Å²) < 4.78 is 19.3. The Morgan fingerprint density at radius 3 is 2.67 bits per heavy atom. The predicted molar refractivity (Wildman–Crippen MR) is 78.6 cm³/mol. The van der Waals surface area contributed by atoms with Gasteiger partial charge >= 0.3 is 0 Å². The SMILES string of the molecule is CC(OCc1cc(F)cc(/C(N)=N/O)c1)c1ccccc1. The van der Waals surface area contributed by atoms with Crippen LogP contribution in [0.2, 0.25) is 0 Å². The summed E-state index contributed by atoms with van der Waals surface area (Å²) in [6, 6.07) is 14.0. The average molecular weight is 288 g/mol. The van der Waals surface area contributed by atoms with Crippen LogP contribution in [0.4, 0.5) is 4.39 Å². The van der Waals surface area contributed by atoms with Gasteiger partial charge in [0.25, 0.3) is 0 Å². The van der Waals surface area contributed by atoms with Gasteiger partial charge in [0.2, 0.25) is 0 Å². The van der Waals surface area contributed by atoms with E-state index < -0.39 is 5.82 Å². The molecular formula is C16H17FN2O2. The molecule has 0 heterocycles. The Kier molecular flexibility index (Phi) is 4.90. The summed E-state index contributed by atoms with van der Waals surface area (Å²) in [5, 5.41) is 11.5. The number of halogens is 1. The summed E-state index contributed by atoms with van der Waals surface area (Å²) in [5.41, 5.74) is 7.47. The van der Waals surface area contributed by atoms with Crippen molar-refractivity contribution in [2.75, 3.05) is 0 Å². The third-order valence-electron chi connectivity index (χ3n) is 3.13. The molecule has 0 radical (unpaired) electrons. The van der Waals surface area contributed by atoms with Gasteiger partial charge in [0.15, 0.2) is 5.84 Å². The van der Waals surface area contributed by atoms with Crippen LogP contribution in [0.3, 0.4) is 0 Å². The fourth-order valence-electron chi connectivity index (χ4n) is 1.98. The van der Waals surface area contributed by atoms with E-state index in [2.05, 4.69) is 5.16 Å². The van der Waals surface area contributed by atoms with Crippen molar-refractivity contribution < 1.29 is 14.3 Å². The number of hydrogen-bond acceptors (Lipinski definition) is 3. The smallest absolute Gasteiger partial charge is 0.170 e. The lowest BCUT2D eigenvalue weighted by Crippen LogP contribution is -2.14. The zero-order chi connectivity index (χ0) is 15.2. The molecule has 0 saturated heterocycles. The monoisotopic (exact) mass is 288 g/mol. The molecule has 110 valence electrons. The first-order chi connectivity index (χ1) is 10.1. The largest absolute Gasteiger partial charge is 0.409 e. The summed E-state index contributed by atoms with van der Waals surface area (Å²) in [4.78, 5) is 0. The maximum atomic E-state index is 13.5. The quantitative estimate of drug-likeness (QED) is 0.384. The van der Waals surface area contributed by atoms with Gasteiger partial charge in [-0.3, -0.25) is 0 Å². The van der Waals surface area contributed by atoms with Crippen LogP contribution in [0.15, 0.2) is 53.7 Å². The van der Waals surface area contributed by atoms with Gasteiger partial charge < -0.3 is 15.7 Å². The molecule has 5 heteroatoms. The maximum absolute atomic E-state index is 13.5. The first kappa shape index (κ1) is 15.0. The number of ether oxygens (including phenoxy) is 1. The minimum atomic E-state index is -0.454. The number of hydrogen-bond donors (Lipinski definition) is 2. The molecule has 21 heavy (non-hydrogen) atoms. The highest BCUT2D eigenvalue weighted by molar-refractivity contribution is 5.97. The highest BCUT2D eigenvalue weighted by Crippen LogP contribution is 2.19. The Hall–Kier alpha value is -2.40. The molecule has 4 nitrogen and oxygen atoms in total. The van der Waals surface area contributed by atoms with E-state index in [1.54, 1.807) is 6.07 Å². The Labute approximate surface area is 122 Å². The van der Waals surface area contributed by atoms with Crippen LogP contribution >= 0.6 is 0 Å². The fraction of sp³-hybridized carbons (Fsp3) is 0.188. The third-order valence-corrected chi connectivity index (χ3v) is 3.13. The average Bonchev–Trinajstić information content (AvgIpc) is 2.52. The van der Waals surface area contributed by atoms with Crippen LogP contribution in [0, 0.1) is 5.82 Å². The second kappa shape index (κ2) is 6.85. The standard InChI is InChI=1S/C16H17FN2O2/c1-11(13-5-3-2-4-6-13)21-10-12-7-14(16(18)19-20)9-15(17)8-12/h2-9,11,20H,10H2,1H3,(H2,18,19). The van der Waals surface area contributed by atoms with Crippen molar-refractivity contribution in [3.8, 4) is 0 Å². The van der Waals surface area contributed by atoms with Crippen LogP contribution < -0.4 is 5.73 Å². The molecule has 1 unspecified atom stereocenters. The van der Waals surface area contributed by atoms with E-state index in [4.69, 9.17) is 15.7 Å². The van der Waals surface area contributed by atoms with Crippen molar-refractivity contribution in [1.29, 1.82) is 0 Å². The van der Waals surface area contributed by atoms with Gasteiger partial charge in [-0.05, 0) is 36.2 Å². The van der Waals surface area contributed by atoms with E-state index in [1.807, 2.05) is 37.3 Å². The summed E-state index contributed by atoms with van der Waals surface area (Å²) in [7, 11) is 0. The molecular weight excluding hydrogens is 271 g/mol. The lowest BCUT2D eigenvalue weighted by molar-refractivity contribution is 0.0524. The van der Waals surface area contributed by atoms with Crippen molar-refractivity contribution in [1.82, 2.24) is 0 Å². The van der Waals surface area contributed by atoms with Gasteiger partial charge in [-0.2, -0.15) is 0 Å². The van der Waals surface area contributed by atoms with Gasteiger partial charge in [0, 0.05) is 5.56 Å². The third kappa shape index (κ3) is 4.03. The molecule has 2 rings (SSSR count). The van der Waals surface area contributed by atoms with Crippen molar-refractivity contribution in [2.24, 2.45) is 10.9 Å². The number of amidine groups is 1. The van der Waals surface area contributed by atoms with Crippen molar-refractivity contribution in [3.63, 3.8) is 0 Å². The first-order valence-electron chi connectivity index (χ1n) is 6.54. The zero-order valence-corrected chi connectivity index (χ0v) is 11.7. The normalized spacial score (nSPS) is 13.1. The van der Waals surface area contributed by atoms with Gasteiger partial charge in [-0.25, -0.2) is 4.39 Å². The van der Waals surface area contributed by atoms with Crippen molar-refractivity contribution in [3.05, 3.63) is 71.0 Å². The van der Waals surface area contributed by atoms with Crippen molar-refractivity contribution in [2.45, 2.75) is 19.6 Å². The van der Waals surface area contributed by atoms with Gasteiger partial charge in [-0.1, -0.05) is 35.5 Å². The van der Waals surface area contributed by atoms with E-state index in [-0.39, 0.29) is 18.5 Å². The van der Waals surface area contributed by atoms with E-state index in [0.717, 1.165) is 5.56 Å². The molecule has 0 aliphatic rings. The molecule has 0 aliphatic heterocycles. The fourth-order valence-corrected chi connectivity index (χ4v) is 1.98. The van der Waals surface area contributed by atoms with E-state index in [1.165, 1.54) is 12.1 Å². The lowest BCUT2D eigenvalue weighted by Gasteiger charge is -2.14. The minimum Gasteiger partial charge on any atom is -0.409 e. The first-order valence-corrected chi connectivity index (χ1v) is 6.54. The molecule has 0 saturated carbocycles. The van der Waals surface area contributed by atoms with Crippen molar-refractivity contribution >= 4 is 5.84 Å². The number of nitrogens with two attached hydrogens (primary N) is 1. The zero-order valence-electron chi connectivity index (χ0n) is 11.7. The highest BCUT2D eigenvalue weighted by atomic mass is 19.1. The lowest BCUT2D eigenvalue weighted by atomic mass is 10.1. The summed E-state index contributed by atoms with van der Waals surface area (Å²) >= 11 is 0. The second-order valence-corrected chi connectivity index (χ2v) is 4.70. The van der Waals surface area contributed by atoms with Crippen LogP contribution in [0.25, 0.3) is 0 Å². The molecule has 0 bridgehead atoms. The Morgan fingerprint density at radius 1 is 1.29 bits per heavy atom. The number of rotatable bonds is 5. The Morgan fingerprint density at radius 2 is 2.00 bits per heavy atom. The minimum absolute atomic E-state index is 0.109. The molecule has 0 spiro atoms.